The van der Waals surface area contributed by atoms with E-state index < -0.39 is 17.6 Å². The maximum Gasteiger partial charge on any atom is 0.345 e. The Bertz CT molecular complexity index is 816. The van der Waals surface area contributed by atoms with Crippen LogP contribution in [0, 0.1) is 5.92 Å². The fourth-order valence-corrected chi connectivity index (χ4v) is 3.41. The summed E-state index contributed by atoms with van der Waals surface area (Å²) in [6.45, 7) is 4.42. The second-order valence-corrected chi connectivity index (χ2v) is 6.35. The smallest absolute Gasteiger partial charge is 0.345 e. The van der Waals surface area contributed by atoms with Gasteiger partial charge in [0.25, 0.3) is 5.56 Å². The Hall–Kier alpha value is -2.47. The van der Waals surface area contributed by atoms with Crippen molar-refractivity contribution in [3.8, 4) is 0 Å². The fraction of sp³-hybridized carbons (Fsp3) is 0.421. The van der Waals surface area contributed by atoms with E-state index in [-0.39, 0.29) is 24.0 Å². The molecule has 0 bridgehead atoms. The molecule has 6 heteroatoms. The number of esters is 1. The molecule has 0 fully saturated rings. The summed E-state index contributed by atoms with van der Waals surface area (Å²) in [5, 5.41) is 10.9. The summed E-state index contributed by atoms with van der Waals surface area (Å²) in [6, 6.07) is 9.36. The molecule has 0 radical (unpaired) electrons. The van der Waals surface area contributed by atoms with E-state index in [1.807, 2.05) is 37.3 Å². The van der Waals surface area contributed by atoms with E-state index in [2.05, 4.69) is 4.98 Å². The Morgan fingerprint density at radius 3 is 2.80 bits per heavy atom. The molecular weight excluding hydrogens is 320 g/mol. The lowest BCUT2D eigenvalue weighted by Gasteiger charge is -2.34. The minimum Gasteiger partial charge on any atom is -0.462 e. The van der Waals surface area contributed by atoms with Gasteiger partial charge in [0.2, 0.25) is 0 Å². The number of nitrogens with zero attached hydrogens (tertiary/aromatic N) is 2. The van der Waals surface area contributed by atoms with Crippen LogP contribution in [0.15, 0.2) is 41.3 Å². The van der Waals surface area contributed by atoms with E-state index in [9.17, 15) is 14.7 Å². The minimum atomic E-state index is -0.761. The van der Waals surface area contributed by atoms with E-state index in [4.69, 9.17) is 4.74 Å². The van der Waals surface area contributed by atoms with Gasteiger partial charge in [0.15, 0.2) is 0 Å². The average molecular weight is 342 g/mol. The van der Waals surface area contributed by atoms with E-state index in [0.717, 1.165) is 12.0 Å². The van der Waals surface area contributed by atoms with Crippen LogP contribution >= 0.6 is 0 Å². The SMILES string of the molecule is CCOC(=O)c1cnc2n(c1=O)CC[C@@H](C)[C@H]2C(O)c1ccccc1. The first-order valence-electron chi connectivity index (χ1n) is 8.54. The second kappa shape index (κ2) is 7.19. The molecule has 3 rings (SSSR count). The molecule has 2 heterocycles. The molecule has 3 atom stereocenters. The number of rotatable bonds is 4. The van der Waals surface area contributed by atoms with Crippen LogP contribution in [0.2, 0.25) is 0 Å². The van der Waals surface area contributed by atoms with Gasteiger partial charge in [0, 0.05) is 12.7 Å². The lowest BCUT2D eigenvalue weighted by atomic mass is 9.80. The van der Waals surface area contributed by atoms with Crippen molar-refractivity contribution in [1.29, 1.82) is 0 Å². The highest BCUT2D eigenvalue weighted by Gasteiger charge is 2.35. The molecule has 0 spiro atoms. The number of benzene rings is 1. The zero-order valence-electron chi connectivity index (χ0n) is 14.4. The van der Waals surface area contributed by atoms with Gasteiger partial charge in [-0.15, -0.1) is 0 Å². The Kier molecular flexibility index (Phi) is 4.99. The molecule has 1 unspecified atom stereocenters. The van der Waals surface area contributed by atoms with Crippen molar-refractivity contribution in [2.24, 2.45) is 5.92 Å². The van der Waals surface area contributed by atoms with Crippen LogP contribution in [0.4, 0.5) is 0 Å². The van der Waals surface area contributed by atoms with Crippen LogP contribution in [-0.2, 0) is 11.3 Å². The summed E-state index contributed by atoms with van der Waals surface area (Å²) >= 11 is 0. The van der Waals surface area contributed by atoms with Gasteiger partial charge in [-0.3, -0.25) is 9.36 Å². The number of aromatic nitrogens is 2. The number of fused-ring (bicyclic) bond motifs is 1. The maximum absolute atomic E-state index is 12.7. The molecule has 132 valence electrons. The summed E-state index contributed by atoms with van der Waals surface area (Å²) in [5.74, 6) is -0.280. The molecule has 1 aliphatic rings. The third-order valence-corrected chi connectivity index (χ3v) is 4.77. The standard InChI is InChI=1S/C19H22N2O4/c1-3-25-19(24)14-11-20-17-15(12(2)9-10-21(17)18(14)23)16(22)13-7-5-4-6-8-13/h4-8,11-12,15-16,22H,3,9-10H2,1-2H3/t12-,15+,16?/m1/s1. The predicted octanol–water partition coefficient (Wildman–Crippen LogP) is 2.28. The Morgan fingerprint density at radius 1 is 1.40 bits per heavy atom. The zero-order valence-corrected chi connectivity index (χ0v) is 14.4. The maximum atomic E-state index is 12.7. The molecule has 6 nitrogen and oxygen atoms in total. The number of aliphatic hydroxyl groups is 1. The normalized spacial score (nSPS) is 20.6. The molecule has 0 saturated carbocycles. The molecule has 0 saturated heterocycles. The Labute approximate surface area is 146 Å². The Balaban J connectivity index is 2.03. The summed E-state index contributed by atoms with van der Waals surface area (Å²) in [4.78, 5) is 29.0. The van der Waals surface area contributed by atoms with Crippen molar-refractivity contribution >= 4 is 5.97 Å². The number of aliphatic hydroxyl groups excluding tert-OH is 1. The molecule has 25 heavy (non-hydrogen) atoms. The van der Waals surface area contributed by atoms with Crippen LogP contribution in [-0.4, -0.2) is 27.2 Å². The van der Waals surface area contributed by atoms with E-state index in [0.29, 0.717) is 12.4 Å². The number of hydrogen-bond acceptors (Lipinski definition) is 5. The molecule has 2 aromatic rings. The third-order valence-electron chi connectivity index (χ3n) is 4.77. The molecule has 0 aliphatic carbocycles. The molecular formula is C19H22N2O4. The van der Waals surface area contributed by atoms with E-state index in [1.54, 1.807) is 6.92 Å². The van der Waals surface area contributed by atoms with Gasteiger partial charge in [0.05, 0.1) is 18.6 Å². The highest BCUT2D eigenvalue weighted by molar-refractivity contribution is 5.88. The lowest BCUT2D eigenvalue weighted by molar-refractivity contribution is 0.0521. The molecule has 1 aliphatic heterocycles. The van der Waals surface area contributed by atoms with Crippen molar-refractivity contribution in [2.75, 3.05) is 6.61 Å². The first-order valence-corrected chi connectivity index (χ1v) is 8.54. The van der Waals surface area contributed by atoms with Crippen LogP contribution in [0.3, 0.4) is 0 Å². The summed E-state index contributed by atoms with van der Waals surface area (Å²) in [7, 11) is 0. The molecule has 1 aromatic carbocycles. The summed E-state index contributed by atoms with van der Waals surface area (Å²) in [6.07, 6.45) is 1.24. The van der Waals surface area contributed by atoms with Gasteiger partial charge >= 0.3 is 5.97 Å². The number of hydrogen-bond donors (Lipinski definition) is 1. The van der Waals surface area contributed by atoms with Crippen LogP contribution in [0.5, 0.6) is 0 Å². The average Bonchev–Trinajstić information content (AvgIpc) is 2.62. The highest BCUT2D eigenvalue weighted by atomic mass is 16.5. The van der Waals surface area contributed by atoms with Crippen LogP contribution in [0.1, 0.15) is 54.0 Å². The van der Waals surface area contributed by atoms with Gasteiger partial charge in [-0.2, -0.15) is 0 Å². The summed E-state index contributed by atoms with van der Waals surface area (Å²) < 4.78 is 6.43. The van der Waals surface area contributed by atoms with Crippen molar-refractivity contribution in [3.05, 3.63) is 63.8 Å². The van der Waals surface area contributed by atoms with Gasteiger partial charge in [0.1, 0.15) is 11.4 Å². The van der Waals surface area contributed by atoms with Crippen molar-refractivity contribution in [3.63, 3.8) is 0 Å². The van der Waals surface area contributed by atoms with Gasteiger partial charge in [-0.05, 0) is 24.8 Å². The van der Waals surface area contributed by atoms with E-state index >= 15 is 0 Å². The first-order chi connectivity index (χ1) is 12.0. The highest BCUT2D eigenvalue weighted by Crippen LogP contribution is 2.39. The van der Waals surface area contributed by atoms with Gasteiger partial charge < -0.3 is 9.84 Å². The van der Waals surface area contributed by atoms with Gasteiger partial charge in [-0.1, -0.05) is 37.3 Å². The zero-order chi connectivity index (χ0) is 18.0. The number of carbonyl (C=O) groups excluding carboxylic acids is 1. The van der Waals surface area contributed by atoms with Crippen molar-refractivity contribution < 1.29 is 14.6 Å². The van der Waals surface area contributed by atoms with Crippen LogP contribution in [0.25, 0.3) is 0 Å². The topological polar surface area (TPSA) is 81.4 Å². The largest absolute Gasteiger partial charge is 0.462 e. The first kappa shape index (κ1) is 17.4. The number of carbonyl (C=O) groups is 1. The quantitative estimate of drug-likeness (QED) is 0.862. The number of ether oxygens (including phenoxy) is 1. The van der Waals surface area contributed by atoms with Crippen LogP contribution < -0.4 is 5.56 Å². The van der Waals surface area contributed by atoms with Gasteiger partial charge in [-0.25, -0.2) is 9.78 Å². The molecule has 1 aromatic heterocycles. The lowest BCUT2D eigenvalue weighted by Crippen LogP contribution is -2.38. The van der Waals surface area contributed by atoms with Crippen molar-refractivity contribution in [2.45, 2.75) is 38.8 Å². The summed E-state index contributed by atoms with van der Waals surface area (Å²) in [5.41, 5.74) is 0.324. The molecule has 1 N–H and O–H groups in total. The second-order valence-electron chi connectivity index (χ2n) is 6.35. The fourth-order valence-electron chi connectivity index (χ4n) is 3.41. The van der Waals surface area contributed by atoms with Crippen molar-refractivity contribution in [1.82, 2.24) is 9.55 Å². The predicted molar refractivity (Wildman–Crippen MR) is 92.4 cm³/mol. The third kappa shape index (κ3) is 3.22. The minimum absolute atomic E-state index is 0.0619. The monoisotopic (exact) mass is 342 g/mol. The van der Waals surface area contributed by atoms with E-state index in [1.165, 1.54) is 10.8 Å². The molecule has 0 amide bonds. The Morgan fingerprint density at radius 2 is 2.12 bits per heavy atom.